The zero-order valence-corrected chi connectivity index (χ0v) is 10.3. The third-order valence-electron chi connectivity index (χ3n) is 3.70. The van der Waals surface area contributed by atoms with Gasteiger partial charge in [0.2, 0.25) is 5.82 Å². The van der Waals surface area contributed by atoms with Crippen LogP contribution in [0.2, 0.25) is 0 Å². The van der Waals surface area contributed by atoms with Gasteiger partial charge in [-0.15, -0.1) is 10.2 Å². The summed E-state index contributed by atoms with van der Waals surface area (Å²) in [6.07, 6.45) is -2.75. The molecule has 1 aliphatic carbocycles. The molecule has 0 saturated heterocycles. The number of hydrogen-bond acceptors (Lipinski definition) is 4. The van der Waals surface area contributed by atoms with Gasteiger partial charge in [-0.25, -0.2) is 0 Å². The largest absolute Gasteiger partial charge is 0.451 e. The van der Waals surface area contributed by atoms with E-state index < -0.39 is 12.0 Å². The number of alkyl halides is 3. The SMILES string of the molecule is OC(CN1CCn2c(nnc2C(F)(F)F)C1)C1CC1. The van der Waals surface area contributed by atoms with Crippen molar-refractivity contribution in [1.29, 1.82) is 0 Å². The lowest BCUT2D eigenvalue weighted by molar-refractivity contribution is -0.148. The quantitative estimate of drug-likeness (QED) is 0.890. The molecule has 0 aromatic carbocycles. The Hall–Kier alpha value is -1.15. The fraction of sp³-hybridized carbons (Fsp3) is 0.818. The number of aromatic nitrogens is 3. The minimum absolute atomic E-state index is 0.217. The Morgan fingerprint density at radius 3 is 2.63 bits per heavy atom. The molecule has 8 heteroatoms. The van der Waals surface area contributed by atoms with Gasteiger partial charge >= 0.3 is 6.18 Å². The summed E-state index contributed by atoms with van der Waals surface area (Å²) in [4.78, 5) is 1.94. The van der Waals surface area contributed by atoms with Crippen LogP contribution in [-0.2, 0) is 19.3 Å². The zero-order valence-electron chi connectivity index (χ0n) is 10.3. The minimum Gasteiger partial charge on any atom is -0.392 e. The van der Waals surface area contributed by atoms with Crippen molar-refractivity contribution in [3.05, 3.63) is 11.6 Å². The number of aliphatic hydroxyl groups is 1. The minimum atomic E-state index is -4.46. The summed E-state index contributed by atoms with van der Waals surface area (Å²) in [5.41, 5.74) is 0. The first-order valence-corrected chi connectivity index (χ1v) is 6.35. The van der Waals surface area contributed by atoms with Crippen LogP contribution in [0.3, 0.4) is 0 Å². The van der Waals surface area contributed by atoms with E-state index in [2.05, 4.69) is 10.2 Å². The number of halogens is 3. The molecule has 1 saturated carbocycles. The van der Waals surface area contributed by atoms with Gasteiger partial charge in [-0.2, -0.15) is 13.2 Å². The van der Waals surface area contributed by atoms with Crippen LogP contribution in [-0.4, -0.2) is 44.0 Å². The van der Waals surface area contributed by atoms with Gasteiger partial charge in [-0.3, -0.25) is 4.90 Å². The Morgan fingerprint density at radius 1 is 1.26 bits per heavy atom. The van der Waals surface area contributed by atoms with Crippen molar-refractivity contribution in [1.82, 2.24) is 19.7 Å². The molecule has 0 spiro atoms. The Balaban J connectivity index is 1.69. The molecule has 1 aromatic rings. The molecule has 1 fully saturated rings. The van der Waals surface area contributed by atoms with E-state index in [-0.39, 0.29) is 12.6 Å². The molecule has 1 atom stereocenters. The van der Waals surface area contributed by atoms with Crippen LogP contribution in [0.5, 0.6) is 0 Å². The van der Waals surface area contributed by atoms with E-state index in [4.69, 9.17) is 0 Å². The Morgan fingerprint density at radius 2 is 2.00 bits per heavy atom. The van der Waals surface area contributed by atoms with E-state index in [0.717, 1.165) is 17.4 Å². The van der Waals surface area contributed by atoms with Gasteiger partial charge < -0.3 is 9.67 Å². The molecule has 1 aromatic heterocycles. The second-order valence-corrected chi connectivity index (χ2v) is 5.23. The number of hydrogen-bond donors (Lipinski definition) is 1. The molecule has 19 heavy (non-hydrogen) atoms. The summed E-state index contributed by atoms with van der Waals surface area (Å²) in [7, 11) is 0. The molecule has 5 nitrogen and oxygen atoms in total. The fourth-order valence-corrected chi connectivity index (χ4v) is 2.47. The van der Waals surface area contributed by atoms with Crippen molar-refractivity contribution in [3.8, 4) is 0 Å². The van der Waals surface area contributed by atoms with Gasteiger partial charge in [0, 0.05) is 19.6 Å². The maximum atomic E-state index is 12.7. The molecule has 1 aliphatic heterocycles. The van der Waals surface area contributed by atoms with Crippen molar-refractivity contribution < 1.29 is 18.3 Å². The highest BCUT2D eigenvalue weighted by Gasteiger charge is 2.40. The van der Waals surface area contributed by atoms with E-state index in [9.17, 15) is 18.3 Å². The second kappa shape index (κ2) is 4.45. The van der Waals surface area contributed by atoms with Gasteiger partial charge in [0.1, 0.15) is 5.82 Å². The summed E-state index contributed by atoms with van der Waals surface area (Å²) < 4.78 is 39.1. The predicted molar refractivity (Wildman–Crippen MR) is 59.0 cm³/mol. The molecule has 3 rings (SSSR count). The lowest BCUT2D eigenvalue weighted by atomic mass is 10.2. The highest BCUT2D eigenvalue weighted by atomic mass is 19.4. The van der Waals surface area contributed by atoms with Crippen molar-refractivity contribution in [2.24, 2.45) is 5.92 Å². The predicted octanol–water partition coefficient (Wildman–Crippen LogP) is 0.883. The first-order chi connectivity index (χ1) is 8.95. The van der Waals surface area contributed by atoms with E-state index in [0.29, 0.717) is 31.4 Å². The number of β-amino-alcohol motifs (C(OH)–C–C–N with tert-alkyl or cyclic N) is 1. The molecule has 0 radical (unpaired) electrons. The smallest absolute Gasteiger partial charge is 0.392 e. The molecule has 2 aliphatic rings. The highest BCUT2D eigenvalue weighted by molar-refractivity contribution is 5.02. The van der Waals surface area contributed by atoms with Gasteiger partial charge in [0.05, 0.1) is 12.6 Å². The zero-order chi connectivity index (χ0) is 13.6. The number of rotatable bonds is 3. The van der Waals surface area contributed by atoms with E-state index >= 15 is 0 Å². The van der Waals surface area contributed by atoms with E-state index in [1.807, 2.05) is 4.90 Å². The average molecular weight is 276 g/mol. The fourth-order valence-electron chi connectivity index (χ4n) is 2.47. The van der Waals surface area contributed by atoms with Crippen LogP contribution in [0.1, 0.15) is 24.5 Å². The highest BCUT2D eigenvalue weighted by Crippen LogP contribution is 2.33. The van der Waals surface area contributed by atoms with Crippen molar-refractivity contribution in [2.75, 3.05) is 13.1 Å². The first-order valence-electron chi connectivity index (χ1n) is 6.35. The van der Waals surface area contributed by atoms with E-state index in [1.165, 1.54) is 0 Å². The second-order valence-electron chi connectivity index (χ2n) is 5.23. The molecular weight excluding hydrogens is 261 g/mol. The third kappa shape index (κ3) is 2.59. The summed E-state index contributed by atoms with van der Waals surface area (Å²) >= 11 is 0. The molecular formula is C11H15F3N4O. The standard InChI is InChI=1S/C11H15F3N4O/c12-11(13,14)10-16-15-9-6-17(3-4-18(9)10)5-8(19)7-1-2-7/h7-8,19H,1-6H2. The van der Waals surface area contributed by atoms with Crippen molar-refractivity contribution >= 4 is 0 Å². The van der Waals surface area contributed by atoms with Crippen LogP contribution >= 0.6 is 0 Å². The number of fused-ring (bicyclic) bond motifs is 1. The molecule has 106 valence electrons. The average Bonchev–Trinajstić information content (AvgIpc) is 3.08. The molecule has 0 bridgehead atoms. The van der Waals surface area contributed by atoms with Crippen LogP contribution < -0.4 is 0 Å². The molecule has 1 unspecified atom stereocenters. The van der Waals surface area contributed by atoms with Gasteiger partial charge in [0.25, 0.3) is 0 Å². The first kappa shape index (κ1) is 12.9. The summed E-state index contributed by atoms with van der Waals surface area (Å²) in [6, 6.07) is 0. The normalized spacial score (nSPS) is 22.3. The van der Waals surface area contributed by atoms with Crippen LogP contribution in [0.4, 0.5) is 13.2 Å². The van der Waals surface area contributed by atoms with Gasteiger partial charge in [-0.1, -0.05) is 0 Å². The maximum Gasteiger partial charge on any atom is 0.451 e. The Labute approximate surface area is 108 Å². The monoisotopic (exact) mass is 276 g/mol. The summed E-state index contributed by atoms with van der Waals surface area (Å²) in [5, 5.41) is 16.7. The number of nitrogens with zero attached hydrogens (tertiary/aromatic N) is 4. The van der Waals surface area contributed by atoms with Crippen LogP contribution in [0.15, 0.2) is 0 Å². The molecule has 0 amide bonds. The summed E-state index contributed by atoms with van der Waals surface area (Å²) in [6.45, 7) is 1.51. The number of aliphatic hydroxyl groups excluding tert-OH is 1. The topological polar surface area (TPSA) is 54.2 Å². The Bertz CT molecular complexity index is 469. The van der Waals surface area contributed by atoms with Gasteiger partial charge in [-0.05, 0) is 18.8 Å². The van der Waals surface area contributed by atoms with Crippen molar-refractivity contribution in [3.63, 3.8) is 0 Å². The van der Waals surface area contributed by atoms with E-state index in [1.54, 1.807) is 0 Å². The lowest BCUT2D eigenvalue weighted by Gasteiger charge is -2.29. The summed E-state index contributed by atoms with van der Waals surface area (Å²) in [5.74, 6) is -0.239. The third-order valence-corrected chi connectivity index (χ3v) is 3.70. The van der Waals surface area contributed by atoms with Crippen LogP contribution in [0, 0.1) is 5.92 Å². The molecule has 1 N–H and O–H groups in total. The van der Waals surface area contributed by atoms with Gasteiger partial charge in [0.15, 0.2) is 0 Å². The van der Waals surface area contributed by atoms with Crippen LogP contribution in [0.25, 0.3) is 0 Å². The lowest BCUT2D eigenvalue weighted by Crippen LogP contribution is -2.40. The molecule has 2 heterocycles. The maximum absolute atomic E-state index is 12.7. The van der Waals surface area contributed by atoms with Crippen molar-refractivity contribution in [2.45, 2.75) is 38.2 Å². The Kier molecular flexibility index (Phi) is 3.01.